The Hall–Kier alpha value is -2.11. The number of carbonyl (C=O) groups excluding carboxylic acids is 1. The van der Waals surface area contributed by atoms with E-state index in [0.29, 0.717) is 23.3 Å². The Morgan fingerprint density at radius 1 is 1.25 bits per heavy atom. The first-order valence-electron chi connectivity index (χ1n) is 5.83. The number of aliphatic imine (C=N–C) groups is 1. The molecule has 0 aliphatic carbocycles. The number of ketones is 1. The number of ether oxygens (including phenoxy) is 1. The Kier molecular flexibility index (Phi) is 3.92. The average Bonchev–Trinajstić information content (AvgIpc) is 2.37. The number of Topliss-reactive ketones (excluding diaryl/α,β-unsaturated/α-hetero) is 1. The second kappa shape index (κ2) is 5.48. The van der Waals surface area contributed by atoms with E-state index in [2.05, 4.69) is 16.7 Å². The second-order valence-electron chi connectivity index (χ2n) is 4.15. The Balaban J connectivity index is 2.17. The minimum Gasteiger partial charge on any atom is -0.406 e. The minimum atomic E-state index is -4.72. The summed E-state index contributed by atoms with van der Waals surface area (Å²) in [4.78, 5) is 15.8. The highest BCUT2D eigenvalue weighted by atomic mass is 19.4. The molecule has 0 saturated heterocycles. The fourth-order valence-corrected chi connectivity index (χ4v) is 1.77. The van der Waals surface area contributed by atoms with E-state index in [1.807, 2.05) is 0 Å². The minimum absolute atomic E-state index is 0.0689. The van der Waals surface area contributed by atoms with Gasteiger partial charge in [-0.3, -0.25) is 9.79 Å². The molecule has 0 spiro atoms. The second-order valence-corrected chi connectivity index (χ2v) is 4.15. The lowest BCUT2D eigenvalue weighted by molar-refractivity contribution is -0.274. The van der Waals surface area contributed by atoms with Crippen LogP contribution in [0.25, 0.3) is 0 Å². The van der Waals surface area contributed by atoms with Gasteiger partial charge in [0.15, 0.2) is 5.78 Å². The third-order valence-electron chi connectivity index (χ3n) is 2.75. The van der Waals surface area contributed by atoms with Crippen molar-refractivity contribution in [3.05, 3.63) is 48.5 Å². The topological polar surface area (TPSA) is 38.7 Å². The van der Waals surface area contributed by atoms with E-state index in [4.69, 9.17) is 0 Å². The van der Waals surface area contributed by atoms with Gasteiger partial charge in [-0.1, -0.05) is 0 Å². The summed E-state index contributed by atoms with van der Waals surface area (Å²) < 4.78 is 39.8. The molecule has 0 bridgehead atoms. The van der Waals surface area contributed by atoms with E-state index >= 15 is 0 Å². The fourth-order valence-electron chi connectivity index (χ4n) is 1.77. The van der Waals surface area contributed by atoms with Gasteiger partial charge < -0.3 is 4.74 Å². The summed E-state index contributed by atoms with van der Waals surface area (Å²) in [6.07, 6.45) is -2.77. The van der Waals surface area contributed by atoms with Crippen LogP contribution in [0.15, 0.2) is 41.0 Å². The predicted molar refractivity (Wildman–Crippen MR) is 67.3 cm³/mol. The number of alkyl halides is 3. The molecule has 1 aromatic rings. The zero-order valence-corrected chi connectivity index (χ0v) is 10.4. The summed E-state index contributed by atoms with van der Waals surface area (Å²) in [7, 11) is 0. The van der Waals surface area contributed by atoms with Gasteiger partial charge in [0.2, 0.25) is 0 Å². The van der Waals surface area contributed by atoms with Gasteiger partial charge in [-0.15, -0.1) is 13.2 Å². The van der Waals surface area contributed by atoms with Crippen LogP contribution < -0.4 is 4.74 Å². The molecule has 1 aliphatic heterocycles. The SMILES string of the molecule is [CH2]CC1=CN=C(c2ccc(OC(F)(F)F)cc2)CC1=O. The molecular formula is C14H11F3NO2. The summed E-state index contributed by atoms with van der Waals surface area (Å²) in [6, 6.07) is 5.26. The third-order valence-corrected chi connectivity index (χ3v) is 2.75. The van der Waals surface area contributed by atoms with E-state index in [-0.39, 0.29) is 18.0 Å². The molecule has 0 N–H and O–H groups in total. The predicted octanol–water partition coefficient (Wildman–Crippen LogP) is 3.46. The molecule has 3 nitrogen and oxygen atoms in total. The highest BCUT2D eigenvalue weighted by Crippen LogP contribution is 2.24. The molecule has 1 aromatic carbocycles. The lowest BCUT2D eigenvalue weighted by atomic mass is 9.98. The van der Waals surface area contributed by atoms with Crippen molar-refractivity contribution >= 4 is 11.5 Å². The molecule has 105 valence electrons. The molecule has 0 unspecified atom stereocenters. The first-order chi connectivity index (χ1) is 9.39. The number of rotatable bonds is 3. The van der Waals surface area contributed by atoms with Crippen LogP contribution in [0.4, 0.5) is 13.2 Å². The van der Waals surface area contributed by atoms with Gasteiger partial charge in [0, 0.05) is 11.8 Å². The molecule has 1 radical (unpaired) electrons. The molecule has 1 heterocycles. The van der Waals surface area contributed by atoms with Crippen molar-refractivity contribution < 1.29 is 22.7 Å². The van der Waals surface area contributed by atoms with Crippen LogP contribution in [0, 0.1) is 6.92 Å². The molecule has 20 heavy (non-hydrogen) atoms. The van der Waals surface area contributed by atoms with Crippen molar-refractivity contribution in [2.24, 2.45) is 4.99 Å². The van der Waals surface area contributed by atoms with Gasteiger partial charge in [-0.2, -0.15) is 0 Å². The van der Waals surface area contributed by atoms with Crippen LogP contribution in [-0.2, 0) is 4.79 Å². The molecule has 1 aliphatic rings. The van der Waals surface area contributed by atoms with Crippen LogP contribution in [-0.4, -0.2) is 17.9 Å². The molecular weight excluding hydrogens is 271 g/mol. The monoisotopic (exact) mass is 282 g/mol. The number of hydrogen-bond acceptors (Lipinski definition) is 3. The van der Waals surface area contributed by atoms with Crippen LogP contribution in [0.3, 0.4) is 0 Å². The highest BCUT2D eigenvalue weighted by molar-refractivity contribution is 6.17. The van der Waals surface area contributed by atoms with Crippen LogP contribution >= 0.6 is 0 Å². The van der Waals surface area contributed by atoms with Crippen molar-refractivity contribution in [1.29, 1.82) is 0 Å². The number of nitrogens with zero attached hydrogens (tertiary/aromatic N) is 1. The van der Waals surface area contributed by atoms with Gasteiger partial charge in [0.05, 0.1) is 12.1 Å². The Morgan fingerprint density at radius 3 is 2.40 bits per heavy atom. The first-order valence-corrected chi connectivity index (χ1v) is 5.83. The molecule has 0 aromatic heterocycles. The van der Waals surface area contributed by atoms with E-state index in [1.165, 1.54) is 30.5 Å². The van der Waals surface area contributed by atoms with Gasteiger partial charge in [0.1, 0.15) is 5.75 Å². The van der Waals surface area contributed by atoms with Crippen molar-refractivity contribution in [3.8, 4) is 5.75 Å². The number of allylic oxidation sites excluding steroid dienone is 1. The van der Waals surface area contributed by atoms with E-state index in [1.54, 1.807) is 0 Å². The normalized spacial score (nSPS) is 15.7. The molecule has 0 atom stereocenters. The number of halogens is 3. The summed E-state index contributed by atoms with van der Waals surface area (Å²) in [5.74, 6) is -0.376. The maximum absolute atomic E-state index is 12.0. The Labute approximate surface area is 113 Å². The maximum Gasteiger partial charge on any atom is 0.573 e. The summed E-state index contributed by atoms with van der Waals surface area (Å²) in [5, 5.41) is 0. The third kappa shape index (κ3) is 3.46. The average molecular weight is 282 g/mol. The van der Waals surface area contributed by atoms with E-state index < -0.39 is 6.36 Å². The zero-order valence-electron chi connectivity index (χ0n) is 10.4. The number of benzene rings is 1. The van der Waals surface area contributed by atoms with Crippen molar-refractivity contribution in [3.63, 3.8) is 0 Å². The van der Waals surface area contributed by atoms with Crippen LogP contribution in [0.2, 0.25) is 0 Å². The van der Waals surface area contributed by atoms with Crippen LogP contribution in [0.1, 0.15) is 18.4 Å². The standard InChI is InChI=1S/C14H11F3NO2/c1-2-9-8-18-12(7-13(9)19)10-3-5-11(6-4-10)20-14(15,16)17/h3-6,8H,1-2,7H2. The van der Waals surface area contributed by atoms with Gasteiger partial charge in [-0.25, -0.2) is 0 Å². The van der Waals surface area contributed by atoms with Crippen molar-refractivity contribution in [2.45, 2.75) is 19.2 Å². The highest BCUT2D eigenvalue weighted by Gasteiger charge is 2.31. The summed E-state index contributed by atoms with van der Waals surface area (Å²) in [6.45, 7) is 3.62. The lowest BCUT2D eigenvalue weighted by Crippen LogP contribution is -2.17. The largest absolute Gasteiger partial charge is 0.573 e. The van der Waals surface area contributed by atoms with Gasteiger partial charge in [0.25, 0.3) is 0 Å². The smallest absolute Gasteiger partial charge is 0.406 e. The quantitative estimate of drug-likeness (QED) is 0.851. The zero-order chi connectivity index (χ0) is 14.8. The summed E-state index contributed by atoms with van der Waals surface area (Å²) in [5.41, 5.74) is 1.66. The summed E-state index contributed by atoms with van der Waals surface area (Å²) >= 11 is 0. The number of hydrogen-bond donors (Lipinski definition) is 0. The molecule has 6 heteroatoms. The van der Waals surface area contributed by atoms with Crippen molar-refractivity contribution in [1.82, 2.24) is 0 Å². The van der Waals surface area contributed by atoms with Crippen LogP contribution in [0.5, 0.6) is 5.75 Å². The fraction of sp³-hybridized carbons (Fsp3) is 0.214. The van der Waals surface area contributed by atoms with Gasteiger partial charge >= 0.3 is 6.36 Å². The Bertz CT molecular complexity index is 571. The molecule has 0 fully saturated rings. The van der Waals surface area contributed by atoms with Gasteiger partial charge in [-0.05, 0) is 43.2 Å². The molecule has 0 saturated carbocycles. The number of carbonyl (C=O) groups is 1. The van der Waals surface area contributed by atoms with Crippen molar-refractivity contribution in [2.75, 3.05) is 0 Å². The van der Waals surface area contributed by atoms with E-state index in [9.17, 15) is 18.0 Å². The first kappa shape index (κ1) is 14.3. The van der Waals surface area contributed by atoms with E-state index in [0.717, 1.165) is 0 Å². The Morgan fingerprint density at radius 2 is 1.90 bits per heavy atom. The lowest BCUT2D eigenvalue weighted by Gasteiger charge is -2.13. The molecule has 0 amide bonds. The molecule has 2 rings (SSSR count). The maximum atomic E-state index is 12.0.